The number of allylic oxidation sites excluding steroid dienone is 5. The highest BCUT2D eigenvalue weighted by Gasteiger charge is 2.39. The number of ether oxygens (including phenoxy) is 2. The van der Waals surface area contributed by atoms with Crippen molar-refractivity contribution in [3.05, 3.63) is 36.5 Å². The average molecular weight is 785 g/mol. The van der Waals surface area contributed by atoms with Crippen molar-refractivity contribution in [3.8, 4) is 0 Å². The number of phosphoric ester groups is 1. The minimum absolute atomic E-state index is 0.000537. The lowest BCUT2D eigenvalue weighted by molar-refractivity contribution is -0.161. The number of aliphatic hydroxyl groups is 2. The summed E-state index contributed by atoms with van der Waals surface area (Å²) < 4.78 is 26.4. The molecule has 1 aliphatic rings. The summed E-state index contributed by atoms with van der Waals surface area (Å²) in [7, 11) is -4.82. The maximum absolute atomic E-state index is 12.5. The molecule has 1 rings (SSSR count). The molecule has 0 amide bonds. The Morgan fingerprint density at radius 2 is 1.35 bits per heavy atom. The normalized spacial score (nSPS) is 19.0. The smallest absolute Gasteiger partial charge is 0.462 e. The summed E-state index contributed by atoms with van der Waals surface area (Å²) in [6.45, 7) is 3.34. The van der Waals surface area contributed by atoms with Crippen molar-refractivity contribution in [2.45, 2.75) is 186 Å². The Hall–Kier alpha value is -2.14. The molecule has 5 atom stereocenters. The van der Waals surface area contributed by atoms with Gasteiger partial charge in [0.15, 0.2) is 6.10 Å². The number of aliphatic hydroxyl groups excluding tert-OH is 2. The van der Waals surface area contributed by atoms with Gasteiger partial charge in [0.2, 0.25) is 0 Å². The van der Waals surface area contributed by atoms with Gasteiger partial charge in [0, 0.05) is 25.2 Å². The quantitative estimate of drug-likeness (QED) is 0.0212. The van der Waals surface area contributed by atoms with Crippen LogP contribution in [0, 0.1) is 11.8 Å². The lowest BCUT2D eigenvalue weighted by atomic mass is 9.88. The maximum atomic E-state index is 12.5. The number of carbonyl (C=O) groups excluding carboxylic acids is 3. The van der Waals surface area contributed by atoms with Crippen molar-refractivity contribution in [3.63, 3.8) is 0 Å². The van der Waals surface area contributed by atoms with Crippen LogP contribution >= 0.6 is 7.82 Å². The van der Waals surface area contributed by atoms with Crippen LogP contribution in [0.5, 0.6) is 0 Å². The summed E-state index contributed by atoms with van der Waals surface area (Å²) in [5.41, 5.74) is 0. The zero-order valence-corrected chi connectivity index (χ0v) is 34.2. The third kappa shape index (κ3) is 27.4. The summed E-state index contributed by atoms with van der Waals surface area (Å²) >= 11 is 0. The number of ketones is 1. The van der Waals surface area contributed by atoms with Gasteiger partial charge in [-0.05, 0) is 63.7 Å². The van der Waals surface area contributed by atoms with Crippen molar-refractivity contribution in [2.75, 3.05) is 13.2 Å². The number of unbranched alkanes of at least 4 members (excludes halogenated alkanes) is 14. The van der Waals surface area contributed by atoms with Crippen LogP contribution in [0.2, 0.25) is 0 Å². The zero-order chi connectivity index (χ0) is 39.9. The summed E-state index contributed by atoms with van der Waals surface area (Å²) in [6, 6.07) is 0. The average Bonchev–Trinajstić information content (AvgIpc) is 3.40. The Bertz CT molecular complexity index is 1130. The molecule has 0 aromatic carbocycles. The molecule has 4 N–H and O–H groups in total. The van der Waals surface area contributed by atoms with E-state index in [1.807, 2.05) is 0 Å². The Labute approximate surface area is 325 Å². The predicted octanol–water partition coefficient (Wildman–Crippen LogP) is 9.16. The lowest BCUT2D eigenvalue weighted by Crippen LogP contribution is -2.29. The number of rotatable bonds is 34. The van der Waals surface area contributed by atoms with Crippen molar-refractivity contribution in [1.29, 1.82) is 0 Å². The van der Waals surface area contributed by atoms with E-state index in [0.717, 1.165) is 89.9 Å². The summed E-state index contributed by atoms with van der Waals surface area (Å²) in [6.07, 6.45) is 30.5. The number of carbonyl (C=O) groups is 3. The van der Waals surface area contributed by atoms with Gasteiger partial charge in [-0.1, -0.05) is 127 Å². The van der Waals surface area contributed by atoms with Gasteiger partial charge in [0.05, 0.1) is 18.8 Å². The van der Waals surface area contributed by atoms with Gasteiger partial charge in [-0.2, -0.15) is 0 Å². The highest BCUT2D eigenvalue weighted by atomic mass is 31.2. The molecule has 0 unspecified atom stereocenters. The van der Waals surface area contributed by atoms with Crippen LogP contribution in [0.25, 0.3) is 0 Å². The lowest BCUT2D eigenvalue weighted by Gasteiger charge is -2.19. The second-order valence-electron chi connectivity index (χ2n) is 14.7. The van der Waals surface area contributed by atoms with Gasteiger partial charge in [0.25, 0.3) is 0 Å². The van der Waals surface area contributed by atoms with Gasteiger partial charge in [-0.3, -0.25) is 18.9 Å². The van der Waals surface area contributed by atoms with Crippen molar-refractivity contribution in [1.82, 2.24) is 0 Å². The fraction of sp³-hybridized carbons (Fsp3) is 0.786. The standard InChI is InChI=1S/C42H73O11P/c1-3-5-7-8-9-10-11-12-13-14-15-16-17-18-19-25-29-42(47)53-36(34-52-54(48,49)50)33-51-41(46)28-24-21-20-23-27-37-38(40(45)32-39(37)44)31-30-35(43)26-22-6-4-2/h9-10,12-13,30-31,35-39,43-44H,3-8,11,14-29,32-34H2,1-2H3,(H2,48,49,50)/b10-9-,13-12-,31-30+/t35-,36+,37+,38+,39-/m0/s1. The fourth-order valence-corrected chi connectivity index (χ4v) is 6.96. The molecule has 0 saturated heterocycles. The van der Waals surface area contributed by atoms with E-state index in [1.165, 1.54) is 19.3 Å². The molecule has 0 heterocycles. The van der Waals surface area contributed by atoms with Gasteiger partial charge >= 0.3 is 19.8 Å². The summed E-state index contributed by atoms with van der Waals surface area (Å²) in [4.78, 5) is 55.5. The molecule has 1 fully saturated rings. The second-order valence-corrected chi connectivity index (χ2v) is 16.0. The van der Waals surface area contributed by atoms with E-state index in [2.05, 4.69) is 42.7 Å². The minimum Gasteiger partial charge on any atom is -0.462 e. The third-order valence-corrected chi connectivity index (χ3v) is 10.3. The Balaban J connectivity index is 2.27. The van der Waals surface area contributed by atoms with Crippen molar-refractivity contribution in [2.24, 2.45) is 11.8 Å². The SMILES string of the molecule is CCCCC/C=C\C/C=C\CCCCCCCCC(=O)O[C@H](COC(=O)CCCCCC[C@H]1[C@@H](O)CC(=O)[C@@H]1/C=C/[C@@H](O)CCCCC)COP(=O)(O)O. The van der Waals surface area contributed by atoms with E-state index in [0.29, 0.717) is 25.7 Å². The predicted molar refractivity (Wildman–Crippen MR) is 212 cm³/mol. The second kappa shape index (κ2) is 32.0. The molecule has 0 aromatic rings. The monoisotopic (exact) mass is 784 g/mol. The van der Waals surface area contributed by atoms with Crippen molar-refractivity contribution < 1.29 is 52.9 Å². The molecular formula is C42H73O11P. The highest BCUT2D eigenvalue weighted by Crippen LogP contribution is 2.36. The van der Waals surface area contributed by atoms with Crippen LogP contribution in [0.1, 0.15) is 168 Å². The minimum atomic E-state index is -4.82. The Morgan fingerprint density at radius 1 is 0.778 bits per heavy atom. The summed E-state index contributed by atoms with van der Waals surface area (Å²) in [5, 5.41) is 20.7. The first-order valence-corrected chi connectivity index (χ1v) is 22.4. The van der Waals surface area contributed by atoms with Crippen LogP contribution < -0.4 is 0 Å². The van der Waals surface area contributed by atoms with E-state index in [1.54, 1.807) is 12.2 Å². The van der Waals surface area contributed by atoms with E-state index in [9.17, 15) is 29.2 Å². The van der Waals surface area contributed by atoms with E-state index >= 15 is 0 Å². The molecule has 1 aliphatic carbocycles. The van der Waals surface area contributed by atoms with E-state index < -0.39 is 50.6 Å². The van der Waals surface area contributed by atoms with Crippen LogP contribution in [0.4, 0.5) is 0 Å². The molecule has 312 valence electrons. The molecular weight excluding hydrogens is 711 g/mol. The molecule has 54 heavy (non-hydrogen) atoms. The third-order valence-electron chi connectivity index (χ3n) is 9.79. The number of hydrogen-bond acceptors (Lipinski definition) is 9. The topological polar surface area (TPSA) is 177 Å². The molecule has 11 nitrogen and oxygen atoms in total. The molecule has 0 radical (unpaired) electrons. The highest BCUT2D eigenvalue weighted by molar-refractivity contribution is 7.46. The Kier molecular flexibility index (Phi) is 29.6. The first-order chi connectivity index (χ1) is 26.0. The molecule has 0 bridgehead atoms. The first-order valence-electron chi connectivity index (χ1n) is 20.9. The molecule has 1 saturated carbocycles. The van der Waals surface area contributed by atoms with Crippen LogP contribution in [0.15, 0.2) is 36.5 Å². The van der Waals surface area contributed by atoms with Gasteiger partial charge in [-0.15, -0.1) is 0 Å². The van der Waals surface area contributed by atoms with Gasteiger partial charge in [-0.25, -0.2) is 4.57 Å². The van der Waals surface area contributed by atoms with Gasteiger partial charge in [0.1, 0.15) is 12.4 Å². The van der Waals surface area contributed by atoms with Crippen molar-refractivity contribution >= 4 is 25.5 Å². The number of esters is 2. The Morgan fingerprint density at radius 3 is 2.00 bits per heavy atom. The molecule has 0 spiro atoms. The van der Waals surface area contributed by atoms with E-state index in [4.69, 9.17) is 19.3 Å². The molecule has 12 heteroatoms. The van der Waals surface area contributed by atoms with Gasteiger partial charge < -0.3 is 29.5 Å². The number of hydrogen-bond donors (Lipinski definition) is 4. The number of Topliss-reactive ketones (excluding diaryl/α,β-unsaturated/α-hetero) is 1. The van der Waals surface area contributed by atoms with Crippen LogP contribution in [-0.2, 0) is 32.9 Å². The fourth-order valence-electron chi connectivity index (χ4n) is 6.60. The first kappa shape index (κ1) is 49.9. The summed E-state index contributed by atoms with van der Waals surface area (Å²) in [5.74, 6) is -1.63. The zero-order valence-electron chi connectivity index (χ0n) is 33.3. The number of phosphoric acid groups is 1. The van der Waals surface area contributed by atoms with Crippen LogP contribution in [0.3, 0.4) is 0 Å². The molecule has 0 aromatic heterocycles. The maximum Gasteiger partial charge on any atom is 0.469 e. The van der Waals surface area contributed by atoms with E-state index in [-0.39, 0.29) is 37.6 Å². The largest absolute Gasteiger partial charge is 0.469 e. The van der Waals surface area contributed by atoms with Crippen LogP contribution in [-0.4, -0.2) is 69.2 Å². The molecule has 0 aliphatic heterocycles.